The molecule has 4 rings (SSSR count). The number of hydrogen-bond acceptors (Lipinski definition) is 6. The molecule has 0 unspecified atom stereocenters. The van der Waals surface area contributed by atoms with Crippen molar-refractivity contribution >= 4 is 17.4 Å². The molecule has 3 aromatic rings. The van der Waals surface area contributed by atoms with Crippen molar-refractivity contribution in [2.45, 2.75) is 0 Å². The quantitative estimate of drug-likeness (QED) is 0.636. The summed E-state index contributed by atoms with van der Waals surface area (Å²) in [4.78, 5) is 16.7. The summed E-state index contributed by atoms with van der Waals surface area (Å²) < 4.78 is 31.7. The van der Waals surface area contributed by atoms with Gasteiger partial charge in [0.25, 0.3) is 5.91 Å². The molecule has 0 atom stereocenters. The molecule has 0 radical (unpaired) electrons. The highest BCUT2D eigenvalue weighted by Gasteiger charge is 2.16. The number of carbonyl (C=O) groups excluding carboxylic acids is 1. The molecule has 32 heavy (non-hydrogen) atoms. The maximum atomic E-state index is 13.6. The van der Waals surface area contributed by atoms with Gasteiger partial charge in [0, 0.05) is 43.5 Å². The normalized spacial score (nSPS) is 14.3. The van der Waals surface area contributed by atoms with Crippen LogP contribution in [0.4, 0.5) is 20.3 Å². The average molecular weight is 439 g/mol. The number of rotatable bonds is 6. The van der Waals surface area contributed by atoms with Gasteiger partial charge in [-0.15, -0.1) is 10.2 Å². The first-order chi connectivity index (χ1) is 15.5. The number of halogens is 2. The number of ether oxygens (including phenoxy) is 1. The van der Waals surface area contributed by atoms with E-state index in [9.17, 15) is 13.6 Å². The van der Waals surface area contributed by atoms with E-state index in [4.69, 9.17) is 4.74 Å². The zero-order valence-corrected chi connectivity index (χ0v) is 17.6. The Kier molecular flexibility index (Phi) is 6.55. The van der Waals surface area contributed by atoms with Crippen LogP contribution in [0.1, 0.15) is 0 Å². The van der Waals surface area contributed by atoms with Crippen LogP contribution in [0, 0.1) is 11.6 Å². The van der Waals surface area contributed by atoms with Crippen molar-refractivity contribution in [3.05, 3.63) is 66.2 Å². The maximum absolute atomic E-state index is 13.6. The zero-order valence-electron chi connectivity index (χ0n) is 17.6. The van der Waals surface area contributed by atoms with Crippen LogP contribution in [0.3, 0.4) is 0 Å². The maximum Gasteiger partial charge on any atom is 0.262 e. The smallest absolute Gasteiger partial charge is 0.262 e. The van der Waals surface area contributed by atoms with Crippen molar-refractivity contribution in [3.63, 3.8) is 0 Å². The highest BCUT2D eigenvalue weighted by molar-refractivity contribution is 5.92. The van der Waals surface area contributed by atoms with Gasteiger partial charge in [-0.3, -0.25) is 4.79 Å². The summed E-state index contributed by atoms with van der Waals surface area (Å²) in [7, 11) is 2.10. The number of nitrogens with one attached hydrogen (secondary N) is 1. The van der Waals surface area contributed by atoms with E-state index in [1.165, 1.54) is 0 Å². The Morgan fingerprint density at radius 3 is 2.56 bits per heavy atom. The summed E-state index contributed by atoms with van der Waals surface area (Å²) in [6.45, 7) is 3.39. The van der Waals surface area contributed by atoms with Gasteiger partial charge in [0.05, 0.1) is 5.69 Å². The van der Waals surface area contributed by atoms with E-state index in [1.54, 1.807) is 18.2 Å². The Hall–Kier alpha value is -3.59. The van der Waals surface area contributed by atoms with Gasteiger partial charge in [0.1, 0.15) is 5.82 Å². The number of hydrogen-bond donors (Lipinski definition) is 1. The fourth-order valence-electron chi connectivity index (χ4n) is 3.37. The molecular weight excluding hydrogens is 416 g/mol. The van der Waals surface area contributed by atoms with Crippen LogP contribution in [0.2, 0.25) is 0 Å². The minimum absolute atomic E-state index is 0.189. The Bertz CT molecular complexity index is 1090. The fraction of sp³-hybridized carbons (Fsp3) is 0.261. The van der Waals surface area contributed by atoms with Gasteiger partial charge in [-0.05, 0) is 43.4 Å². The highest BCUT2D eigenvalue weighted by Crippen LogP contribution is 2.23. The molecule has 7 nitrogen and oxygen atoms in total. The molecule has 0 spiro atoms. The molecule has 0 saturated carbocycles. The van der Waals surface area contributed by atoms with E-state index in [0.29, 0.717) is 17.4 Å². The molecule has 1 aromatic heterocycles. The topological polar surface area (TPSA) is 70.6 Å². The van der Waals surface area contributed by atoms with E-state index in [0.717, 1.165) is 49.7 Å². The predicted molar refractivity (Wildman–Crippen MR) is 118 cm³/mol. The molecule has 0 aliphatic carbocycles. The van der Waals surface area contributed by atoms with Crippen molar-refractivity contribution in [3.8, 4) is 17.0 Å². The lowest BCUT2D eigenvalue weighted by Gasteiger charge is -2.32. The summed E-state index contributed by atoms with van der Waals surface area (Å²) in [5, 5.41) is 11.4. The van der Waals surface area contributed by atoms with Gasteiger partial charge in [-0.2, -0.15) is 0 Å². The number of carbonyl (C=O) groups is 1. The van der Waals surface area contributed by atoms with E-state index < -0.39 is 24.1 Å². The third-order valence-electron chi connectivity index (χ3n) is 5.17. The molecule has 1 aliphatic rings. The monoisotopic (exact) mass is 439 g/mol. The molecule has 1 amide bonds. The van der Waals surface area contributed by atoms with E-state index in [1.807, 2.05) is 18.2 Å². The molecule has 166 valence electrons. The van der Waals surface area contributed by atoms with Gasteiger partial charge in [0.2, 0.25) is 0 Å². The lowest BCUT2D eigenvalue weighted by atomic mass is 10.1. The van der Waals surface area contributed by atoms with E-state index >= 15 is 0 Å². The molecule has 2 heterocycles. The number of piperazine rings is 1. The molecule has 1 fully saturated rings. The van der Waals surface area contributed by atoms with Crippen LogP contribution in [0.5, 0.6) is 5.75 Å². The van der Waals surface area contributed by atoms with Crippen LogP contribution in [-0.4, -0.2) is 60.8 Å². The van der Waals surface area contributed by atoms with E-state index in [-0.39, 0.29) is 5.75 Å². The SMILES string of the molecule is CN1CCN(c2ccc(-c3cccc(NC(=O)COc4ccc(F)cc4F)c3)nn2)CC1. The first kappa shape index (κ1) is 21.6. The third kappa shape index (κ3) is 5.36. The van der Waals surface area contributed by atoms with Crippen molar-refractivity contribution in [2.24, 2.45) is 0 Å². The van der Waals surface area contributed by atoms with Crippen molar-refractivity contribution in [1.29, 1.82) is 0 Å². The lowest BCUT2D eigenvalue weighted by Crippen LogP contribution is -2.44. The number of likely N-dealkylation sites (N-methyl/N-ethyl adjacent to an activating group) is 1. The second-order valence-corrected chi connectivity index (χ2v) is 7.56. The van der Waals surface area contributed by atoms with Crippen molar-refractivity contribution < 1.29 is 18.3 Å². The largest absolute Gasteiger partial charge is 0.481 e. The van der Waals surface area contributed by atoms with Crippen LogP contribution < -0.4 is 15.0 Å². The molecule has 1 saturated heterocycles. The summed E-state index contributed by atoms with van der Waals surface area (Å²) in [6.07, 6.45) is 0. The van der Waals surface area contributed by atoms with Crippen LogP contribution >= 0.6 is 0 Å². The molecule has 2 aromatic carbocycles. The second-order valence-electron chi connectivity index (χ2n) is 7.56. The number of anilines is 2. The van der Waals surface area contributed by atoms with Gasteiger partial charge in [-0.1, -0.05) is 12.1 Å². The van der Waals surface area contributed by atoms with Crippen LogP contribution in [0.25, 0.3) is 11.3 Å². The van der Waals surface area contributed by atoms with Gasteiger partial charge < -0.3 is 19.9 Å². The third-order valence-corrected chi connectivity index (χ3v) is 5.17. The molecule has 9 heteroatoms. The average Bonchev–Trinajstić information content (AvgIpc) is 2.79. The Labute approximate surface area is 184 Å². The Morgan fingerprint density at radius 1 is 1.03 bits per heavy atom. The minimum Gasteiger partial charge on any atom is -0.481 e. The van der Waals surface area contributed by atoms with Crippen molar-refractivity contribution in [1.82, 2.24) is 15.1 Å². The molecule has 0 bridgehead atoms. The molecule has 1 N–H and O–H groups in total. The van der Waals surface area contributed by atoms with Crippen LogP contribution in [0.15, 0.2) is 54.6 Å². The summed E-state index contributed by atoms with van der Waals surface area (Å²) >= 11 is 0. The Morgan fingerprint density at radius 2 is 1.84 bits per heavy atom. The summed E-state index contributed by atoms with van der Waals surface area (Å²) in [5.74, 6) is -1.39. The highest BCUT2D eigenvalue weighted by atomic mass is 19.1. The summed E-state index contributed by atoms with van der Waals surface area (Å²) in [6, 6.07) is 13.9. The number of nitrogens with zero attached hydrogens (tertiary/aromatic N) is 4. The fourth-order valence-corrected chi connectivity index (χ4v) is 3.37. The van der Waals surface area contributed by atoms with Gasteiger partial charge in [0.15, 0.2) is 24.0 Å². The number of aromatic nitrogens is 2. The van der Waals surface area contributed by atoms with Crippen LogP contribution in [-0.2, 0) is 4.79 Å². The predicted octanol–water partition coefficient (Wildman–Crippen LogP) is 3.19. The van der Waals surface area contributed by atoms with Crippen molar-refractivity contribution in [2.75, 3.05) is 50.1 Å². The zero-order chi connectivity index (χ0) is 22.5. The molecule has 1 aliphatic heterocycles. The number of amides is 1. The number of benzene rings is 2. The van der Waals surface area contributed by atoms with E-state index in [2.05, 4.69) is 32.4 Å². The molecular formula is C23H23F2N5O2. The van der Waals surface area contributed by atoms with Gasteiger partial charge in [-0.25, -0.2) is 8.78 Å². The first-order valence-electron chi connectivity index (χ1n) is 10.2. The lowest BCUT2D eigenvalue weighted by molar-refractivity contribution is -0.118. The second kappa shape index (κ2) is 9.69. The van der Waals surface area contributed by atoms with Gasteiger partial charge >= 0.3 is 0 Å². The first-order valence-corrected chi connectivity index (χ1v) is 10.2. The minimum atomic E-state index is -0.863. The Balaban J connectivity index is 1.37. The standard InChI is InChI=1S/C23H23F2N5O2/c1-29-9-11-30(12-10-29)22-8-6-20(27-28-22)16-3-2-4-18(13-16)26-23(31)15-32-21-7-5-17(24)14-19(21)25/h2-8,13-14H,9-12,15H2,1H3,(H,26,31). The summed E-state index contributed by atoms with van der Waals surface area (Å²) in [5.41, 5.74) is 2.02.